The second kappa shape index (κ2) is 7.90. The molecule has 1 saturated carbocycles. The molecule has 0 unspecified atom stereocenters. The molecule has 3 aromatic rings. The molecule has 0 radical (unpaired) electrons. The summed E-state index contributed by atoms with van der Waals surface area (Å²) in [6, 6.07) is 2.92. The predicted molar refractivity (Wildman–Crippen MR) is 113 cm³/mol. The van der Waals surface area contributed by atoms with Crippen LogP contribution < -0.4 is 4.90 Å². The third-order valence-electron chi connectivity index (χ3n) is 6.15. The number of fused-ring (bicyclic) bond motifs is 1. The predicted octanol–water partition coefficient (Wildman–Crippen LogP) is 4.50. The summed E-state index contributed by atoms with van der Waals surface area (Å²) in [4.78, 5) is 23.8. The van der Waals surface area contributed by atoms with Gasteiger partial charge in [-0.1, -0.05) is 5.16 Å². The Morgan fingerprint density at radius 1 is 1.23 bits per heavy atom. The summed E-state index contributed by atoms with van der Waals surface area (Å²) in [6.45, 7) is 5.24. The topological polar surface area (TPSA) is 81.4 Å². The Morgan fingerprint density at radius 3 is 2.71 bits per heavy atom. The Labute approximate surface area is 179 Å². The highest BCUT2D eigenvalue weighted by Gasteiger charge is 2.33. The van der Waals surface area contributed by atoms with Gasteiger partial charge in [0, 0.05) is 36.5 Å². The average Bonchev–Trinajstić information content (AvgIpc) is 3.50. The van der Waals surface area contributed by atoms with Gasteiger partial charge >= 0.3 is 5.97 Å². The number of nitrogens with zero attached hydrogens (tertiary/aromatic N) is 4. The Morgan fingerprint density at radius 2 is 2.00 bits per heavy atom. The highest BCUT2D eigenvalue weighted by molar-refractivity contribution is 6.06. The number of carbonyl (C=O) groups is 1. The number of rotatable bonds is 5. The summed E-state index contributed by atoms with van der Waals surface area (Å²) in [7, 11) is 0. The highest BCUT2D eigenvalue weighted by atomic mass is 19.1. The van der Waals surface area contributed by atoms with Gasteiger partial charge in [-0.15, -0.1) is 0 Å². The van der Waals surface area contributed by atoms with Gasteiger partial charge in [-0.3, -0.25) is 4.98 Å². The first-order valence-corrected chi connectivity index (χ1v) is 10.9. The molecule has 1 aromatic carbocycles. The van der Waals surface area contributed by atoms with E-state index in [1.54, 1.807) is 13.1 Å². The first kappa shape index (κ1) is 19.9. The first-order chi connectivity index (χ1) is 15.0. The summed E-state index contributed by atoms with van der Waals surface area (Å²) in [5.74, 6) is 1.40. The van der Waals surface area contributed by atoms with Crippen molar-refractivity contribution >= 4 is 22.6 Å². The van der Waals surface area contributed by atoms with Crippen molar-refractivity contribution in [3.8, 4) is 0 Å². The molecule has 0 amide bonds. The van der Waals surface area contributed by atoms with Crippen LogP contribution in [0.15, 0.2) is 22.9 Å². The van der Waals surface area contributed by atoms with Crippen molar-refractivity contribution in [1.29, 1.82) is 0 Å². The first-order valence-electron chi connectivity index (χ1n) is 10.9. The molecule has 0 bridgehead atoms. The molecule has 1 saturated heterocycles. The van der Waals surface area contributed by atoms with E-state index in [1.807, 2.05) is 6.92 Å². The van der Waals surface area contributed by atoms with E-state index in [1.165, 1.54) is 12.1 Å². The van der Waals surface area contributed by atoms with Crippen molar-refractivity contribution in [3.05, 3.63) is 47.0 Å². The molecule has 2 aromatic heterocycles. The monoisotopic (exact) mass is 424 g/mol. The van der Waals surface area contributed by atoms with Gasteiger partial charge in [0.2, 0.25) is 5.89 Å². The molecule has 0 atom stereocenters. The van der Waals surface area contributed by atoms with E-state index in [-0.39, 0.29) is 18.3 Å². The van der Waals surface area contributed by atoms with Crippen LogP contribution >= 0.6 is 0 Å². The van der Waals surface area contributed by atoms with E-state index >= 15 is 0 Å². The van der Waals surface area contributed by atoms with Gasteiger partial charge in [-0.2, -0.15) is 4.98 Å². The maximum atomic E-state index is 14.3. The summed E-state index contributed by atoms with van der Waals surface area (Å²) >= 11 is 0. The molecular weight excluding hydrogens is 399 g/mol. The lowest BCUT2D eigenvalue weighted by Crippen LogP contribution is -2.34. The lowest BCUT2D eigenvalue weighted by molar-refractivity contribution is 0.0526. The number of hydrogen-bond donors (Lipinski definition) is 0. The summed E-state index contributed by atoms with van der Waals surface area (Å²) < 4.78 is 25.0. The second-order valence-corrected chi connectivity index (χ2v) is 8.39. The smallest absolute Gasteiger partial charge is 0.341 e. The van der Waals surface area contributed by atoms with Gasteiger partial charge < -0.3 is 14.2 Å². The van der Waals surface area contributed by atoms with Crippen LogP contribution in [0, 0.1) is 12.7 Å². The SMILES string of the molecule is CCOC(=O)c1cnc2c(C)cc(F)cc2c1N1CCC(c2noc(C3CC3)n2)CC1. The normalized spacial score (nSPS) is 17.3. The van der Waals surface area contributed by atoms with Crippen molar-refractivity contribution in [2.75, 3.05) is 24.6 Å². The fourth-order valence-electron chi connectivity index (χ4n) is 4.39. The van der Waals surface area contributed by atoms with Crippen LogP contribution in [0.3, 0.4) is 0 Å². The number of aromatic nitrogens is 3. The number of aryl methyl sites for hydroxylation is 1. The molecule has 3 heterocycles. The number of piperidine rings is 1. The van der Waals surface area contributed by atoms with E-state index in [0.717, 1.165) is 43.0 Å². The number of hydrogen-bond acceptors (Lipinski definition) is 7. The van der Waals surface area contributed by atoms with E-state index in [2.05, 4.69) is 20.0 Å². The van der Waals surface area contributed by atoms with Gasteiger partial charge in [0.25, 0.3) is 0 Å². The van der Waals surface area contributed by atoms with Crippen LogP contribution in [0.2, 0.25) is 0 Å². The van der Waals surface area contributed by atoms with Gasteiger partial charge in [0.1, 0.15) is 11.4 Å². The van der Waals surface area contributed by atoms with Crippen molar-refractivity contribution in [2.45, 2.75) is 51.4 Å². The second-order valence-electron chi connectivity index (χ2n) is 8.39. The fourth-order valence-corrected chi connectivity index (χ4v) is 4.39. The number of halogens is 1. The van der Waals surface area contributed by atoms with Gasteiger partial charge in [0.15, 0.2) is 5.82 Å². The van der Waals surface area contributed by atoms with Gasteiger partial charge in [0.05, 0.1) is 17.8 Å². The molecule has 31 heavy (non-hydrogen) atoms. The highest BCUT2D eigenvalue weighted by Crippen LogP contribution is 2.40. The van der Waals surface area contributed by atoms with E-state index in [4.69, 9.17) is 9.26 Å². The summed E-state index contributed by atoms with van der Waals surface area (Å²) in [6.07, 6.45) is 5.45. The Kier molecular flexibility index (Phi) is 5.08. The van der Waals surface area contributed by atoms with E-state index < -0.39 is 5.97 Å². The van der Waals surface area contributed by atoms with Crippen molar-refractivity contribution in [3.63, 3.8) is 0 Å². The average molecular weight is 424 g/mol. The van der Waals surface area contributed by atoms with Gasteiger partial charge in [-0.05, 0) is 57.2 Å². The Balaban J connectivity index is 1.46. The number of ether oxygens (including phenoxy) is 1. The number of carbonyl (C=O) groups excluding carboxylic acids is 1. The number of benzene rings is 1. The zero-order valence-electron chi connectivity index (χ0n) is 17.7. The van der Waals surface area contributed by atoms with Crippen LogP contribution in [0.25, 0.3) is 10.9 Å². The largest absolute Gasteiger partial charge is 0.462 e. The third kappa shape index (κ3) is 3.75. The lowest BCUT2D eigenvalue weighted by Gasteiger charge is -2.34. The molecule has 0 spiro atoms. The minimum atomic E-state index is -0.441. The maximum absolute atomic E-state index is 14.3. The molecule has 1 aliphatic heterocycles. The van der Waals surface area contributed by atoms with Crippen LogP contribution in [0.5, 0.6) is 0 Å². The summed E-state index contributed by atoms with van der Waals surface area (Å²) in [5.41, 5.74) is 2.49. The van der Waals surface area contributed by atoms with E-state index in [0.29, 0.717) is 41.2 Å². The van der Waals surface area contributed by atoms with Crippen LogP contribution in [0.4, 0.5) is 10.1 Å². The molecule has 8 heteroatoms. The Hall–Kier alpha value is -3.03. The van der Waals surface area contributed by atoms with Crippen molar-refractivity contribution in [1.82, 2.24) is 15.1 Å². The maximum Gasteiger partial charge on any atom is 0.341 e. The molecule has 0 N–H and O–H groups in total. The summed E-state index contributed by atoms with van der Waals surface area (Å²) in [5, 5.41) is 4.84. The quantitative estimate of drug-likeness (QED) is 0.558. The van der Waals surface area contributed by atoms with Crippen LogP contribution in [-0.4, -0.2) is 40.8 Å². The number of anilines is 1. The van der Waals surface area contributed by atoms with Crippen molar-refractivity contribution in [2.24, 2.45) is 0 Å². The Bertz CT molecular complexity index is 1130. The molecule has 162 valence electrons. The fraction of sp³-hybridized carbons (Fsp3) is 0.478. The van der Waals surface area contributed by atoms with E-state index in [9.17, 15) is 9.18 Å². The van der Waals surface area contributed by atoms with Crippen LogP contribution in [0.1, 0.15) is 72.1 Å². The standard InChI is InChI=1S/C23H25FN4O3/c1-3-30-23(29)18-12-25-19-13(2)10-16(24)11-17(19)20(18)28-8-6-14(7-9-28)21-26-22(31-27-21)15-4-5-15/h10-12,14-15H,3-9H2,1-2H3. The molecule has 2 aliphatic rings. The number of pyridine rings is 1. The van der Waals surface area contributed by atoms with Crippen molar-refractivity contribution < 1.29 is 18.4 Å². The zero-order valence-corrected chi connectivity index (χ0v) is 17.7. The zero-order chi connectivity index (χ0) is 21.5. The lowest BCUT2D eigenvalue weighted by atomic mass is 9.94. The molecule has 2 fully saturated rings. The third-order valence-corrected chi connectivity index (χ3v) is 6.15. The van der Waals surface area contributed by atoms with Crippen LogP contribution in [-0.2, 0) is 4.74 Å². The minimum absolute atomic E-state index is 0.213. The molecule has 5 rings (SSSR count). The molecular formula is C23H25FN4O3. The molecule has 1 aliphatic carbocycles. The minimum Gasteiger partial charge on any atom is -0.462 e. The number of esters is 1. The molecule has 7 nitrogen and oxygen atoms in total. The van der Waals surface area contributed by atoms with Gasteiger partial charge in [-0.25, -0.2) is 9.18 Å².